The van der Waals surface area contributed by atoms with Gasteiger partial charge < -0.3 is 19.7 Å². The number of piperazine rings is 1. The summed E-state index contributed by atoms with van der Waals surface area (Å²) >= 11 is 5.96. The van der Waals surface area contributed by atoms with Gasteiger partial charge in [0.15, 0.2) is 11.5 Å². The third-order valence-electron chi connectivity index (χ3n) is 4.88. The number of nitrogens with zero attached hydrogens (tertiary/aromatic N) is 3. The van der Waals surface area contributed by atoms with Gasteiger partial charge in [-0.3, -0.25) is 4.90 Å². The van der Waals surface area contributed by atoms with Gasteiger partial charge in [-0.1, -0.05) is 23.7 Å². The highest BCUT2D eigenvalue weighted by Gasteiger charge is 2.28. The number of benzene rings is 2. The van der Waals surface area contributed by atoms with Gasteiger partial charge in [-0.05, 0) is 35.9 Å². The molecule has 2 aliphatic heterocycles. The van der Waals surface area contributed by atoms with Gasteiger partial charge in [0, 0.05) is 36.9 Å². The lowest BCUT2D eigenvalue weighted by Gasteiger charge is -2.37. The number of hydrogen-bond acceptors (Lipinski definition) is 5. The molecule has 7 nitrogen and oxygen atoms in total. The van der Waals surface area contributed by atoms with Crippen LogP contribution in [0.5, 0.6) is 11.5 Å². The molecule has 2 amide bonds. The van der Waals surface area contributed by atoms with Crippen molar-refractivity contribution in [3.05, 3.63) is 53.1 Å². The minimum absolute atomic E-state index is 0.168. The van der Waals surface area contributed by atoms with Crippen LogP contribution in [0.1, 0.15) is 11.6 Å². The summed E-state index contributed by atoms with van der Waals surface area (Å²) < 4.78 is 10.7. The number of fused-ring (bicyclic) bond motifs is 1. The van der Waals surface area contributed by atoms with Crippen molar-refractivity contribution < 1.29 is 14.3 Å². The van der Waals surface area contributed by atoms with Gasteiger partial charge in [-0.15, -0.1) is 0 Å². The van der Waals surface area contributed by atoms with Crippen LogP contribution in [-0.2, 0) is 0 Å². The van der Waals surface area contributed by atoms with Crippen LogP contribution in [0.25, 0.3) is 0 Å². The molecule has 1 N–H and O–H groups in total. The number of amides is 2. The summed E-state index contributed by atoms with van der Waals surface area (Å²) in [6.45, 7) is 2.49. The van der Waals surface area contributed by atoms with Crippen LogP contribution >= 0.6 is 11.6 Å². The van der Waals surface area contributed by atoms with Gasteiger partial charge in [0.2, 0.25) is 6.79 Å². The smallest absolute Gasteiger partial charge is 0.321 e. The molecule has 0 bridgehead atoms. The average molecular weight is 399 g/mol. The predicted molar refractivity (Wildman–Crippen MR) is 105 cm³/mol. The maximum atomic E-state index is 12.5. The fraction of sp³-hybridized carbons (Fsp3) is 0.300. The van der Waals surface area contributed by atoms with Gasteiger partial charge in [0.25, 0.3) is 0 Å². The van der Waals surface area contributed by atoms with Crippen LogP contribution in [0, 0.1) is 11.3 Å². The first kappa shape index (κ1) is 18.4. The van der Waals surface area contributed by atoms with Gasteiger partial charge >= 0.3 is 6.03 Å². The fourth-order valence-electron chi connectivity index (χ4n) is 3.40. The fourth-order valence-corrected chi connectivity index (χ4v) is 3.59. The molecular weight excluding hydrogens is 380 g/mol. The van der Waals surface area contributed by atoms with Crippen molar-refractivity contribution in [3.63, 3.8) is 0 Å². The van der Waals surface area contributed by atoms with Crippen molar-refractivity contribution in [2.24, 2.45) is 0 Å². The molecular formula is C20H19ClN4O3. The number of hydrogen-bond donors (Lipinski definition) is 1. The van der Waals surface area contributed by atoms with E-state index in [9.17, 15) is 10.1 Å². The van der Waals surface area contributed by atoms with E-state index in [-0.39, 0.29) is 12.8 Å². The Morgan fingerprint density at radius 2 is 1.89 bits per heavy atom. The molecule has 4 rings (SSSR count). The van der Waals surface area contributed by atoms with E-state index in [0.717, 1.165) is 5.56 Å². The number of nitrogens with one attached hydrogen (secondary N) is 1. The van der Waals surface area contributed by atoms with E-state index >= 15 is 0 Å². The van der Waals surface area contributed by atoms with Gasteiger partial charge in [-0.2, -0.15) is 5.26 Å². The lowest BCUT2D eigenvalue weighted by atomic mass is 10.0. The zero-order valence-corrected chi connectivity index (χ0v) is 15.9. The van der Waals surface area contributed by atoms with Crippen molar-refractivity contribution in [2.75, 3.05) is 38.3 Å². The number of urea groups is 1. The Bertz CT molecular complexity index is 922. The second-order valence-electron chi connectivity index (χ2n) is 6.61. The number of rotatable bonds is 3. The van der Waals surface area contributed by atoms with Crippen LogP contribution in [0.2, 0.25) is 5.02 Å². The Kier molecular flexibility index (Phi) is 5.24. The molecule has 1 atom stereocenters. The average Bonchev–Trinajstić information content (AvgIpc) is 3.17. The summed E-state index contributed by atoms with van der Waals surface area (Å²) in [4.78, 5) is 16.3. The topological polar surface area (TPSA) is 77.8 Å². The number of nitriles is 1. The first-order chi connectivity index (χ1) is 13.6. The molecule has 2 heterocycles. The Hall–Kier alpha value is -2.95. The molecule has 0 radical (unpaired) electrons. The lowest BCUT2D eigenvalue weighted by molar-refractivity contribution is 0.131. The largest absolute Gasteiger partial charge is 0.454 e. The Labute approximate surface area is 168 Å². The Balaban J connectivity index is 1.37. The van der Waals surface area contributed by atoms with Gasteiger partial charge in [-0.25, -0.2) is 4.79 Å². The minimum Gasteiger partial charge on any atom is -0.454 e. The lowest BCUT2D eigenvalue weighted by Crippen LogP contribution is -2.50. The number of anilines is 1. The normalized spacial score (nSPS) is 17.1. The first-order valence-corrected chi connectivity index (χ1v) is 9.36. The third-order valence-corrected chi connectivity index (χ3v) is 5.11. The summed E-state index contributed by atoms with van der Waals surface area (Å²) in [7, 11) is 0. The van der Waals surface area contributed by atoms with Crippen molar-refractivity contribution in [2.45, 2.75) is 6.04 Å². The summed E-state index contributed by atoms with van der Waals surface area (Å²) in [5.41, 5.74) is 1.53. The maximum Gasteiger partial charge on any atom is 0.321 e. The Morgan fingerprint density at radius 1 is 1.11 bits per heavy atom. The number of carbonyl (C=O) groups excluding carboxylic acids is 1. The highest BCUT2D eigenvalue weighted by Crippen LogP contribution is 2.35. The van der Waals surface area contributed by atoms with Crippen LogP contribution in [0.3, 0.4) is 0 Å². The number of carbonyl (C=O) groups is 1. The molecule has 0 spiro atoms. The number of ether oxygens (including phenoxy) is 2. The van der Waals surface area contributed by atoms with E-state index in [1.54, 1.807) is 29.2 Å². The second kappa shape index (κ2) is 7.97. The zero-order chi connectivity index (χ0) is 19.5. The first-order valence-electron chi connectivity index (χ1n) is 8.99. The summed E-state index contributed by atoms with van der Waals surface area (Å²) in [6, 6.07) is 14.4. The summed E-state index contributed by atoms with van der Waals surface area (Å²) in [5, 5.41) is 13.1. The molecule has 0 aromatic heterocycles. The standard InChI is InChI=1S/C20H19ClN4O3/c21-15-2-1-3-16(11-15)23-20(26)25-8-6-24(7-9-25)17(12-22)14-4-5-18-19(10-14)28-13-27-18/h1-5,10-11,17H,6-9,13H2,(H,23,26). The molecule has 28 heavy (non-hydrogen) atoms. The number of halogens is 1. The molecule has 1 saturated heterocycles. The van der Waals surface area contributed by atoms with E-state index in [2.05, 4.69) is 16.3 Å². The summed E-state index contributed by atoms with van der Waals surface area (Å²) in [5.74, 6) is 1.36. The van der Waals surface area contributed by atoms with Crippen molar-refractivity contribution in [1.82, 2.24) is 9.80 Å². The zero-order valence-electron chi connectivity index (χ0n) is 15.1. The molecule has 0 aliphatic carbocycles. The van der Waals surface area contributed by atoms with Gasteiger partial charge in [0.05, 0.1) is 6.07 Å². The molecule has 0 saturated carbocycles. The highest BCUT2D eigenvalue weighted by molar-refractivity contribution is 6.30. The summed E-state index contributed by atoms with van der Waals surface area (Å²) in [6.07, 6.45) is 0. The second-order valence-corrected chi connectivity index (χ2v) is 7.04. The van der Waals surface area contributed by atoms with Crippen LogP contribution < -0.4 is 14.8 Å². The van der Waals surface area contributed by atoms with Gasteiger partial charge in [0.1, 0.15) is 6.04 Å². The molecule has 2 aromatic rings. The SMILES string of the molecule is N#CC(c1ccc2c(c1)OCO2)N1CCN(C(=O)Nc2cccc(Cl)c2)CC1. The van der Waals surface area contributed by atoms with E-state index in [1.165, 1.54) is 0 Å². The van der Waals surface area contributed by atoms with Crippen molar-refractivity contribution in [1.29, 1.82) is 5.26 Å². The van der Waals surface area contributed by atoms with E-state index < -0.39 is 6.04 Å². The van der Waals surface area contributed by atoms with E-state index in [1.807, 2.05) is 18.2 Å². The molecule has 1 fully saturated rings. The minimum atomic E-state index is -0.396. The Morgan fingerprint density at radius 3 is 2.64 bits per heavy atom. The molecule has 2 aliphatic rings. The van der Waals surface area contributed by atoms with Crippen LogP contribution in [-0.4, -0.2) is 48.8 Å². The predicted octanol–water partition coefficient (Wildman–Crippen LogP) is 3.48. The molecule has 2 aromatic carbocycles. The monoisotopic (exact) mass is 398 g/mol. The van der Waals surface area contributed by atoms with Crippen LogP contribution in [0.15, 0.2) is 42.5 Å². The van der Waals surface area contributed by atoms with Crippen LogP contribution in [0.4, 0.5) is 10.5 Å². The molecule has 1 unspecified atom stereocenters. The molecule has 8 heteroatoms. The maximum absolute atomic E-state index is 12.5. The van der Waals surface area contributed by atoms with E-state index in [0.29, 0.717) is 48.4 Å². The highest BCUT2D eigenvalue weighted by atomic mass is 35.5. The van der Waals surface area contributed by atoms with Crippen molar-refractivity contribution in [3.8, 4) is 17.6 Å². The van der Waals surface area contributed by atoms with Crippen molar-refractivity contribution >= 4 is 23.3 Å². The quantitative estimate of drug-likeness (QED) is 0.856. The molecule has 144 valence electrons. The third kappa shape index (κ3) is 3.84. The van der Waals surface area contributed by atoms with E-state index in [4.69, 9.17) is 21.1 Å².